The smallest absolute Gasteiger partial charge is 0.220 e. The molecule has 2 unspecified atom stereocenters. The Morgan fingerprint density at radius 2 is 2.24 bits per heavy atom. The summed E-state index contributed by atoms with van der Waals surface area (Å²) in [6, 6.07) is 0. The summed E-state index contributed by atoms with van der Waals surface area (Å²) in [5.41, 5.74) is 0.123. The number of rotatable bonds is 4. The Bertz CT molecular complexity index is 486. The zero-order chi connectivity index (χ0) is 17.0. The number of hydrogen-bond acceptors (Lipinski definition) is 3. The molecule has 0 bridgehead atoms. The SMILES string of the molecule is CCNC(=NCC1CCN(CC)C1)N1CCCC2(CNC(=O)C2)C1.I. The van der Waals surface area contributed by atoms with Gasteiger partial charge in [0.25, 0.3) is 0 Å². The van der Waals surface area contributed by atoms with Crippen LogP contribution in [0.1, 0.15) is 39.5 Å². The largest absolute Gasteiger partial charge is 0.357 e. The highest BCUT2D eigenvalue weighted by atomic mass is 127. The predicted molar refractivity (Wildman–Crippen MR) is 112 cm³/mol. The number of piperidine rings is 1. The van der Waals surface area contributed by atoms with E-state index in [0.29, 0.717) is 12.3 Å². The molecule has 3 saturated heterocycles. The minimum atomic E-state index is 0. The van der Waals surface area contributed by atoms with Gasteiger partial charge >= 0.3 is 0 Å². The van der Waals surface area contributed by atoms with Crippen molar-refractivity contribution < 1.29 is 4.79 Å². The molecule has 7 heteroatoms. The van der Waals surface area contributed by atoms with Gasteiger partial charge in [0.1, 0.15) is 0 Å². The fourth-order valence-corrected chi connectivity index (χ4v) is 4.42. The van der Waals surface area contributed by atoms with Gasteiger partial charge in [-0.25, -0.2) is 0 Å². The molecule has 3 aliphatic rings. The molecule has 1 amide bonds. The van der Waals surface area contributed by atoms with Crippen molar-refractivity contribution in [1.82, 2.24) is 20.4 Å². The van der Waals surface area contributed by atoms with Gasteiger partial charge in [-0.3, -0.25) is 9.79 Å². The summed E-state index contributed by atoms with van der Waals surface area (Å²) in [6.45, 7) is 12.5. The molecule has 3 rings (SSSR count). The van der Waals surface area contributed by atoms with Crippen molar-refractivity contribution in [3.63, 3.8) is 0 Å². The van der Waals surface area contributed by atoms with Gasteiger partial charge in [0, 0.05) is 51.1 Å². The van der Waals surface area contributed by atoms with E-state index in [1.54, 1.807) is 0 Å². The Balaban J connectivity index is 0.00000225. The van der Waals surface area contributed by atoms with E-state index in [4.69, 9.17) is 4.99 Å². The molecule has 3 aliphatic heterocycles. The molecular formula is C18H34IN5O. The van der Waals surface area contributed by atoms with Crippen LogP contribution < -0.4 is 10.6 Å². The van der Waals surface area contributed by atoms with Gasteiger partial charge in [0.2, 0.25) is 5.91 Å². The Labute approximate surface area is 169 Å². The lowest BCUT2D eigenvalue weighted by atomic mass is 9.79. The van der Waals surface area contributed by atoms with E-state index in [9.17, 15) is 4.79 Å². The molecule has 0 aromatic heterocycles. The highest BCUT2D eigenvalue weighted by Crippen LogP contribution is 2.36. The summed E-state index contributed by atoms with van der Waals surface area (Å²) < 4.78 is 0. The van der Waals surface area contributed by atoms with E-state index in [0.717, 1.165) is 58.1 Å². The minimum Gasteiger partial charge on any atom is -0.357 e. The van der Waals surface area contributed by atoms with Gasteiger partial charge in [-0.15, -0.1) is 24.0 Å². The van der Waals surface area contributed by atoms with Crippen LogP contribution in [0.25, 0.3) is 0 Å². The van der Waals surface area contributed by atoms with E-state index in [2.05, 4.69) is 34.3 Å². The second-order valence-electron chi connectivity index (χ2n) is 7.72. The molecule has 144 valence electrons. The van der Waals surface area contributed by atoms with Crippen LogP contribution in [0.2, 0.25) is 0 Å². The molecule has 3 heterocycles. The van der Waals surface area contributed by atoms with E-state index < -0.39 is 0 Å². The number of carbonyl (C=O) groups is 1. The van der Waals surface area contributed by atoms with Crippen LogP contribution in [-0.4, -0.2) is 74.0 Å². The van der Waals surface area contributed by atoms with Gasteiger partial charge in [-0.1, -0.05) is 6.92 Å². The summed E-state index contributed by atoms with van der Waals surface area (Å²) in [4.78, 5) is 21.6. The first-order valence-electron chi connectivity index (χ1n) is 9.66. The fourth-order valence-electron chi connectivity index (χ4n) is 4.42. The third-order valence-electron chi connectivity index (χ3n) is 5.81. The quantitative estimate of drug-likeness (QED) is 0.377. The van der Waals surface area contributed by atoms with Crippen molar-refractivity contribution in [2.24, 2.45) is 16.3 Å². The first-order chi connectivity index (χ1) is 11.6. The van der Waals surface area contributed by atoms with Gasteiger partial charge in [-0.2, -0.15) is 0 Å². The predicted octanol–water partition coefficient (Wildman–Crippen LogP) is 1.51. The second kappa shape index (κ2) is 9.39. The van der Waals surface area contributed by atoms with Gasteiger partial charge in [-0.05, 0) is 45.2 Å². The molecule has 1 spiro atoms. The Hall–Kier alpha value is -0.570. The third kappa shape index (κ3) is 5.21. The zero-order valence-electron chi connectivity index (χ0n) is 15.7. The molecule has 0 saturated carbocycles. The number of aliphatic imine (C=N–C) groups is 1. The van der Waals surface area contributed by atoms with Crippen molar-refractivity contribution in [3.05, 3.63) is 0 Å². The number of halogens is 1. The molecule has 0 aromatic carbocycles. The van der Waals surface area contributed by atoms with Gasteiger partial charge < -0.3 is 20.4 Å². The summed E-state index contributed by atoms with van der Waals surface area (Å²) in [5, 5.41) is 6.50. The van der Waals surface area contributed by atoms with E-state index in [1.165, 1.54) is 19.5 Å². The topological polar surface area (TPSA) is 60.0 Å². The molecule has 6 nitrogen and oxygen atoms in total. The van der Waals surface area contributed by atoms with E-state index in [-0.39, 0.29) is 35.3 Å². The number of nitrogens with one attached hydrogen (secondary N) is 2. The summed E-state index contributed by atoms with van der Waals surface area (Å²) >= 11 is 0. The van der Waals surface area contributed by atoms with Crippen molar-refractivity contribution in [1.29, 1.82) is 0 Å². The molecule has 0 aromatic rings. The number of carbonyl (C=O) groups excluding carboxylic acids is 1. The number of amides is 1. The fraction of sp³-hybridized carbons (Fsp3) is 0.889. The molecule has 3 fully saturated rings. The maximum Gasteiger partial charge on any atom is 0.220 e. The van der Waals surface area contributed by atoms with Crippen LogP contribution in [0.3, 0.4) is 0 Å². The van der Waals surface area contributed by atoms with Crippen LogP contribution >= 0.6 is 24.0 Å². The zero-order valence-corrected chi connectivity index (χ0v) is 18.1. The van der Waals surface area contributed by atoms with Crippen molar-refractivity contribution in [2.75, 3.05) is 52.4 Å². The summed E-state index contributed by atoms with van der Waals surface area (Å²) in [6.07, 6.45) is 4.23. The van der Waals surface area contributed by atoms with Crippen LogP contribution in [0.5, 0.6) is 0 Å². The average molecular weight is 463 g/mol. The number of hydrogen-bond donors (Lipinski definition) is 2. The average Bonchev–Trinajstić information content (AvgIpc) is 3.18. The molecule has 0 radical (unpaired) electrons. The second-order valence-corrected chi connectivity index (χ2v) is 7.72. The molecule has 0 aliphatic carbocycles. The Kier molecular flexibility index (Phi) is 7.79. The van der Waals surface area contributed by atoms with Gasteiger partial charge in [0.15, 0.2) is 5.96 Å². The van der Waals surface area contributed by atoms with Crippen LogP contribution in [0.15, 0.2) is 4.99 Å². The minimum absolute atomic E-state index is 0. The lowest BCUT2D eigenvalue weighted by Gasteiger charge is -2.40. The normalized spacial score (nSPS) is 30.5. The maximum atomic E-state index is 11.7. The van der Waals surface area contributed by atoms with Gasteiger partial charge in [0.05, 0.1) is 0 Å². The monoisotopic (exact) mass is 463 g/mol. The highest BCUT2D eigenvalue weighted by molar-refractivity contribution is 14.0. The summed E-state index contributed by atoms with van der Waals surface area (Å²) in [5.74, 6) is 1.95. The van der Waals surface area contributed by atoms with Crippen molar-refractivity contribution in [3.8, 4) is 0 Å². The first kappa shape index (κ1) is 20.7. The van der Waals surface area contributed by atoms with Crippen LogP contribution in [-0.2, 0) is 4.79 Å². The highest BCUT2D eigenvalue weighted by Gasteiger charge is 2.42. The molecule has 2 atom stereocenters. The third-order valence-corrected chi connectivity index (χ3v) is 5.81. The van der Waals surface area contributed by atoms with E-state index in [1.807, 2.05) is 0 Å². The lowest BCUT2D eigenvalue weighted by Crippen LogP contribution is -2.51. The lowest BCUT2D eigenvalue weighted by molar-refractivity contribution is -0.119. The molecule has 2 N–H and O–H groups in total. The van der Waals surface area contributed by atoms with Crippen LogP contribution in [0, 0.1) is 11.3 Å². The number of guanidine groups is 1. The molecule has 25 heavy (non-hydrogen) atoms. The standard InChI is InChI=1S/C18H33N5O.HI/c1-3-19-17(20-11-15-6-9-22(4-2)12-15)23-8-5-7-18(14-23)10-16(24)21-13-18;/h15H,3-14H2,1-2H3,(H,19,20)(H,21,24);1H. The Morgan fingerprint density at radius 1 is 1.40 bits per heavy atom. The Morgan fingerprint density at radius 3 is 2.88 bits per heavy atom. The van der Waals surface area contributed by atoms with Crippen molar-refractivity contribution >= 4 is 35.8 Å². The maximum absolute atomic E-state index is 11.7. The van der Waals surface area contributed by atoms with Crippen LogP contribution in [0.4, 0.5) is 0 Å². The first-order valence-corrected chi connectivity index (χ1v) is 9.66. The summed E-state index contributed by atoms with van der Waals surface area (Å²) in [7, 11) is 0. The van der Waals surface area contributed by atoms with Crippen molar-refractivity contribution in [2.45, 2.75) is 39.5 Å². The number of likely N-dealkylation sites (tertiary alicyclic amines) is 2. The molecular weight excluding hydrogens is 429 g/mol. The number of nitrogens with zero attached hydrogens (tertiary/aromatic N) is 3. The van der Waals surface area contributed by atoms with E-state index >= 15 is 0 Å².